The monoisotopic (exact) mass is 365 g/mol. The van der Waals surface area contributed by atoms with E-state index in [1.165, 1.54) is 14.7 Å². The average Bonchev–Trinajstić information content (AvgIpc) is 2.51. The SMILES string of the molecule is S.S.S.c1ccc([S+](c2ccccc2)c2ccccc2)cc1. The van der Waals surface area contributed by atoms with Gasteiger partial charge in [-0.15, -0.1) is 0 Å². The normalized spacial score (nSPS) is 9.14. The molecule has 3 aromatic carbocycles. The van der Waals surface area contributed by atoms with E-state index in [1.54, 1.807) is 0 Å². The van der Waals surface area contributed by atoms with Gasteiger partial charge in [-0.2, -0.15) is 40.5 Å². The molecular weight excluding hydrogens is 344 g/mol. The van der Waals surface area contributed by atoms with Crippen molar-refractivity contribution in [2.75, 3.05) is 0 Å². The molecule has 0 saturated carbocycles. The van der Waals surface area contributed by atoms with Crippen LogP contribution in [0.5, 0.6) is 0 Å². The Labute approximate surface area is 156 Å². The zero-order valence-electron chi connectivity index (χ0n) is 12.1. The zero-order valence-corrected chi connectivity index (χ0v) is 15.9. The van der Waals surface area contributed by atoms with E-state index in [0.717, 1.165) is 0 Å². The first-order chi connectivity index (χ1) is 9.45. The van der Waals surface area contributed by atoms with Crippen molar-refractivity contribution >= 4 is 51.4 Å². The first-order valence-electron chi connectivity index (χ1n) is 6.34. The smallest absolute Gasteiger partial charge is 0.166 e. The van der Waals surface area contributed by atoms with E-state index in [2.05, 4.69) is 91.0 Å². The second-order valence-electron chi connectivity index (χ2n) is 4.25. The van der Waals surface area contributed by atoms with E-state index in [9.17, 15) is 0 Å². The Kier molecular flexibility index (Phi) is 10.3. The van der Waals surface area contributed by atoms with Gasteiger partial charge in [-0.1, -0.05) is 54.6 Å². The average molecular weight is 366 g/mol. The highest BCUT2D eigenvalue weighted by atomic mass is 32.2. The summed E-state index contributed by atoms with van der Waals surface area (Å²) in [4.78, 5) is 4.08. The van der Waals surface area contributed by atoms with Crippen molar-refractivity contribution in [1.82, 2.24) is 0 Å². The van der Waals surface area contributed by atoms with Crippen molar-refractivity contribution in [2.24, 2.45) is 0 Å². The molecule has 0 unspecified atom stereocenters. The summed E-state index contributed by atoms with van der Waals surface area (Å²) in [7, 11) is -0.0146. The highest BCUT2D eigenvalue weighted by Crippen LogP contribution is 2.30. The van der Waals surface area contributed by atoms with E-state index in [-0.39, 0.29) is 51.4 Å². The van der Waals surface area contributed by atoms with Gasteiger partial charge in [0.1, 0.15) is 0 Å². The van der Waals surface area contributed by atoms with Crippen LogP contribution in [0.15, 0.2) is 106 Å². The maximum Gasteiger partial charge on any atom is 0.166 e. The molecule has 0 aliphatic carbocycles. The van der Waals surface area contributed by atoms with E-state index in [1.807, 2.05) is 0 Å². The maximum absolute atomic E-state index is 2.21. The summed E-state index contributed by atoms with van der Waals surface area (Å²) >= 11 is 0. The summed E-state index contributed by atoms with van der Waals surface area (Å²) in [6.07, 6.45) is 0. The Hall–Kier alpha value is -0.940. The number of hydrogen-bond acceptors (Lipinski definition) is 0. The molecule has 0 amide bonds. The van der Waals surface area contributed by atoms with E-state index < -0.39 is 0 Å². The predicted molar refractivity (Wildman–Crippen MR) is 113 cm³/mol. The van der Waals surface area contributed by atoms with Crippen molar-refractivity contribution in [3.63, 3.8) is 0 Å². The van der Waals surface area contributed by atoms with Gasteiger partial charge in [0.25, 0.3) is 0 Å². The van der Waals surface area contributed by atoms with Gasteiger partial charge in [0.2, 0.25) is 0 Å². The van der Waals surface area contributed by atoms with Gasteiger partial charge in [-0.25, -0.2) is 0 Å². The molecular formula is C18H21S4+. The Balaban J connectivity index is 0.00000147. The van der Waals surface area contributed by atoms with Gasteiger partial charge < -0.3 is 0 Å². The standard InChI is InChI=1S/C18H15S.3H2S/c1-4-10-16(11-5-1)19(17-12-6-2-7-13-17)18-14-8-3-9-15-18;;;/h1-15H;3*1H2/q+1;;;. The quantitative estimate of drug-likeness (QED) is 0.565. The van der Waals surface area contributed by atoms with Crippen LogP contribution in [0.1, 0.15) is 0 Å². The summed E-state index contributed by atoms with van der Waals surface area (Å²) in [5.41, 5.74) is 0. The Morgan fingerprint density at radius 3 is 0.818 bits per heavy atom. The summed E-state index contributed by atoms with van der Waals surface area (Å²) in [5, 5.41) is 0. The molecule has 0 bridgehead atoms. The zero-order chi connectivity index (χ0) is 12.9. The molecule has 0 N–H and O–H groups in total. The first kappa shape index (κ1) is 21.1. The minimum absolute atomic E-state index is 0. The lowest BCUT2D eigenvalue weighted by Crippen LogP contribution is -2.04. The molecule has 0 saturated heterocycles. The molecule has 3 aromatic rings. The van der Waals surface area contributed by atoms with Crippen molar-refractivity contribution in [3.8, 4) is 0 Å². The summed E-state index contributed by atoms with van der Waals surface area (Å²) in [6, 6.07) is 32.2. The third-order valence-electron chi connectivity index (χ3n) is 2.94. The third-order valence-corrected chi connectivity index (χ3v) is 5.17. The minimum atomic E-state index is -0.0146. The second kappa shape index (κ2) is 10.7. The molecule has 0 aliphatic rings. The van der Waals surface area contributed by atoms with Gasteiger partial charge in [-0.3, -0.25) is 0 Å². The van der Waals surface area contributed by atoms with Crippen LogP contribution in [-0.4, -0.2) is 0 Å². The Morgan fingerprint density at radius 1 is 0.364 bits per heavy atom. The molecule has 0 nitrogen and oxygen atoms in total. The molecule has 3 rings (SSSR count). The van der Waals surface area contributed by atoms with E-state index in [4.69, 9.17) is 0 Å². The van der Waals surface area contributed by atoms with Crippen LogP contribution in [-0.2, 0) is 10.9 Å². The Morgan fingerprint density at radius 2 is 0.591 bits per heavy atom. The maximum atomic E-state index is 2.21. The van der Waals surface area contributed by atoms with E-state index in [0.29, 0.717) is 0 Å². The van der Waals surface area contributed by atoms with Crippen LogP contribution in [0.4, 0.5) is 0 Å². The van der Waals surface area contributed by atoms with Crippen LogP contribution in [0.25, 0.3) is 0 Å². The summed E-state index contributed by atoms with van der Waals surface area (Å²) < 4.78 is 0. The lowest BCUT2D eigenvalue weighted by molar-refractivity contribution is 1.32. The number of hydrogen-bond donors (Lipinski definition) is 0. The summed E-state index contributed by atoms with van der Waals surface area (Å²) in [5.74, 6) is 0. The molecule has 0 radical (unpaired) electrons. The second-order valence-corrected chi connectivity index (χ2v) is 6.27. The molecule has 22 heavy (non-hydrogen) atoms. The lowest BCUT2D eigenvalue weighted by atomic mass is 10.4. The largest absolute Gasteiger partial charge is 0.197 e. The van der Waals surface area contributed by atoms with Gasteiger partial charge in [0.15, 0.2) is 14.7 Å². The van der Waals surface area contributed by atoms with Crippen molar-refractivity contribution in [3.05, 3.63) is 91.0 Å². The van der Waals surface area contributed by atoms with Crippen molar-refractivity contribution in [1.29, 1.82) is 0 Å². The fourth-order valence-electron chi connectivity index (χ4n) is 2.08. The van der Waals surface area contributed by atoms with Crippen LogP contribution in [0.2, 0.25) is 0 Å². The summed E-state index contributed by atoms with van der Waals surface area (Å²) in [6.45, 7) is 0. The van der Waals surface area contributed by atoms with Crippen molar-refractivity contribution < 1.29 is 0 Å². The fraction of sp³-hybridized carbons (Fsp3) is 0. The third kappa shape index (κ3) is 5.06. The molecule has 0 atom stereocenters. The van der Waals surface area contributed by atoms with Gasteiger partial charge >= 0.3 is 0 Å². The molecule has 116 valence electrons. The van der Waals surface area contributed by atoms with Gasteiger partial charge in [0.05, 0.1) is 10.9 Å². The molecule has 0 aliphatic heterocycles. The molecule has 0 aromatic heterocycles. The van der Waals surface area contributed by atoms with Gasteiger partial charge in [-0.05, 0) is 36.4 Å². The Bertz CT molecular complexity index is 533. The van der Waals surface area contributed by atoms with Crippen LogP contribution >= 0.6 is 40.5 Å². The molecule has 0 spiro atoms. The van der Waals surface area contributed by atoms with Crippen LogP contribution < -0.4 is 0 Å². The topological polar surface area (TPSA) is 0 Å². The predicted octanol–water partition coefficient (Wildman–Crippen LogP) is 5.12. The highest BCUT2D eigenvalue weighted by Gasteiger charge is 2.27. The fourth-order valence-corrected chi connectivity index (χ4v) is 4.18. The minimum Gasteiger partial charge on any atom is -0.197 e. The molecule has 4 heteroatoms. The van der Waals surface area contributed by atoms with E-state index >= 15 is 0 Å². The van der Waals surface area contributed by atoms with Crippen LogP contribution in [0, 0.1) is 0 Å². The first-order valence-corrected chi connectivity index (χ1v) is 7.57. The van der Waals surface area contributed by atoms with Gasteiger partial charge in [0, 0.05) is 0 Å². The number of rotatable bonds is 3. The number of benzene rings is 3. The molecule has 0 fully saturated rings. The van der Waals surface area contributed by atoms with Crippen LogP contribution in [0.3, 0.4) is 0 Å². The lowest BCUT2D eigenvalue weighted by Gasteiger charge is -2.07. The van der Waals surface area contributed by atoms with Crippen molar-refractivity contribution in [2.45, 2.75) is 14.7 Å². The molecule has 0 heterocycles. The highest BCUT2D eigenvalue weighted by molar-refractivity contribution is 7.97.